The van der Waals surface area contributed by atoms with Crippen LogP contribution in [0, 0.1) is 6.92 Å². The Balaban J connectivity index is 2.24. The van der Waals surface area contributed by atoms with Crippen molar-refractivity contribution in [3.05, 3.63) is 23.8 Å². The van der Waals surface area contributed by atoms with Gasteiger partial charge in [0.2, 0.25) is 15.9 Å². The minimum Gasteiger partial charge on any atom is -0.379 e. The SMILES string of the molecule is CCC(=O)Nc1ccc(S(=O)(=O)N2CCOCC2)cc1C. The van der Waals surface area contributed by atoms with Gasteiger partial charge in [-0.25, -0.2) is 8.42 Å². The maximum atomic E-state index is 12.5. The second kappa shape index (κ2) is 6.55. The molecule has 1 fully saturated rings. The molecule has 0 saturated carbocycles. The number of carbonyl (C=O) groups excluding carboxylic acids is 1. The van der Waals surface area contributed by atoms with Crippen molar-refractivity contribution >= 4 is 21.6 Å². The number of anilines is 1. The number of nitrogens with one attached hydrogen (secondary N) is 1. The lowest BCUT2D eigenvalue weighted by atomic mass is 10.2. The van der Waals surface area contributed by atoms with Crippen LogP contribution in [0.2, 0.25) is 0 Å². The molecule has 0 radical (unpaired) electrons. The molecule has 1 aromatic rings. The lowest BCUT2D eigenvalue weighted by Crippen LogP contribution is -2.40. The predicted molar refractivity (Wildman–Crippen MR) is 79.7 cm³/mol. The van der Waals surface area contributed by atoms with Crippen LogP contribution < -0.4 is 5.32 Å². The smallest absolute Gasteiger partial charge is 0.243 e. The van der Waals surface area contributed by atoms with Crippen molar-refractivity contribution in [2.75, 3.05) is 31.6 Å². The summed E-state index contributed by atoms with van der Waals surface area (Å²) in [6, 6.07) is 4.76. The van der Waals surface area contributed by atoms with Crippen molar-refractivity contribution in [2.45, 2.75) is 25.2 Å². The quantitative estimate of drug-likeness (QED) is 0.911. The molecule has 1 aliphatic heterocycles. The number of carbonyl (C=O) groups is 1. The summed E-state index contributed by atoms with van der Waals surface area (Å²) in [6.45, 7) is 5.13. The lowest BCUT2D eigenvalue weighted by molar-refractivity contribution is -0.115. The van der Waals surface area contributed by atoms with E-state index >= 15 is 0 Å². The van der Waals surface area contributed by atoms with Gasteiger partial charge in [-0.3, -0.25) is 4.79 Å². The highest BCUT2D eigenvalue weighted by atomic mass is 32.2. The molecule has 2 rings (SSSR count). The summed E-state index contributed by atoms with van der Waals surface area (Å²) in [5, 5.41) is 2.75. The number of benzene rings is 1. The molecule has 1 N–H and O–H groups in total. The van der Waals surface area contributed by atoms with Crippen LogP contribution >= 0.6 is 0 Å². The highest BCUT2D eigenvalue weighted by molar-refractivity contribution is 7.89. The number of ether oxygens (including phenoxy) is 1. The fraction of sp³-hybridized carbons (Fsp3) is 0.500. The first-order chi connectivity index (χ1) is 9.95. The monoisotopic (exact) mass is 312 g/mol. The Morgan fingerprint density at radius 3 is 2.57 bits per heavy atom. The molecule has 116 valence electrons. The van der Waals surface area contributed by atoms with E-state index < -0.39 is 10.0 Å². The van der Waals surface area contributed by atoms with Crippen LogP contribution in [-0.2, 0) is 19.6 Å². The molecule has 0 aliphatic carbocycles. The average molecular weight is 312 g/mol. The van der Waals surface area contributed by atoms with Gasteiger partial charge in [-0.15, -0.1) is 0 Å². The Morgan fingerprint density at radius 1 is 1.33 bits per heavy atom. The van der Waals surface area contributed by atoms with Crippen molar-refractivity contribution < 1.29 is 17.9 Å². The van der Waals surface area contributed by atoms with Crippen molar-refractivity contribution in [1.82, 2.24) is 4.31 Å². The summed E-state index contributed by atoms with van der Waals surface area (Å²) in [5.41, 5.74) is 1.37. The third-order valence-electron chi connectivity index (χ3n) is 3.40. The number of nitrogens with zero attached hydrogens (tertiary/aromatic N) is 1. The van der Waals surface area contributed by atoms with E-state index in [1.54, 1.807) is 26.0 Å². The number of aryl methyl sites for hydroxylation is 1. The van der Waals surface area contributed by atoms with Crippen LogP contribution in [0.25, 0.3) is 0 Å². The van der Waals surface area contributed by atoms with Gasteiger partial charge >= 0.3 is 0 Å². The van der Waals surface area contributed by atoms with Crippen LogP contribution in [0.15, 0.2) is 23.1 Å². The molecule has 0 atom stereocenters. The normalized spacial score (nSPS) is 16.7. The second-order valence-corrected chi connectivity index (χ2v) is 6.83. The number of sulfonamides is 1. The number of amides is 1. The van der Waals surface area contributed by atoms with Crippen LogP contribution in [0.5, 0.6) is 0 Å². The van der Waals surface area contributed by atoms with E-state index in [1.807, 2.05) is 0 Å². The van der Waals surface area contributed by atoms with E-state index in [0.717, 1.165) is 5.56 Å². The Labute approximate surface area is 125 Å². The van der Waals surface area contributed by atoms with Gasteiger partial charge in [0, 0.05) is 25.2 Å². The topological polar surface area (TPSA) is 75.7 Å². The average Bonchev–Trinajstić information content (AvgIpc) is 2.50. The summed E-state index contributed by atoms with van der Waals surface area (Å²) in [4.78, 5) is 11.7. The van der Waals surface area contributed by atoms with Gasteiger partial charge in [0.1, 0.15) is 0 Å². The van der Waals surface area contributed by atoms with Gasteiger partial charge in [0.15, 0.2) is 0 Å². The molecule has 0 unspecified atom stereocenters. The standard InChI is InChI=1S/C14H20N2O4S/c1-3-14(17)15-13-5-4-12(10-11(13)2)21(18,19)16-6-8-20-9-7-16/h4-5,10H,3,6-9H2,1-2H3,(H,15,17). The fourth-order valence-electron chi connectivity index (χ4n) is 2.11. The van der Waals surface area contributed by atoms with Gasteiger partial charge in [-0.05, 0) is 30.7 Å². The zero-order chi connectivity index (χ0) is 15.5. The molecule has 0 aromatic heterocycles. The summed E-state index contributed by atoms with van der Waals surface area (Å²) < 4.78 is 31.6. The summed E-state index contributed by atoms with van der Waals surface area (Å²) in [5.74, 6) is -0.0955. The van der Waals surface area contributed by atoms with Gasteiger partial charge in [0.05, 0.1) is 18.1 Å². The lowest BCUT2D eigenvalue weighted by Gasteiger charge is -2.26. The third-order valence-corrected chi connectivity index (χ3v) is 5.30. The first-order valence-electron chi connectivity index (χ1n) is 6.93. The highest BCUT2D eigenvalue weighted by Crippen LogP contribution is 2.23. The Bertz CT molecular complexity index is 622. The number of hydrogen-bond donors (Lipinski definition) is 1. The molecule has 7 heteroatoms. The van der Waals surface area contributed by atoms with Crippen LogP contribution in [0.4, 0.5) is 5.69 Å². The molecule has 1 amide bonds. The van der Waals surface area contributed by atoms with Crippen molar-refractivity contribution in [3.63, 3.8) is 0 Å². The molecule has 1 saturated heterocycles. The number of morpholine rings is 1. The largest absolute Gasteiger partial charge is 0.379 e. The predicted octanol–water partition coefficient (Wildman–Crippen LogP) is 1.36. The van der Waals surface area contributed by atoms with Crippen molar-refractivity contribution in [3.8, 4) is 0 Å². The molecule has 1 aliphatic rings. The van der Waals surface area contributed by atoms with E-state index in [-0.39, 0.29) is 10.8 Å². The molecular weight excluding hydrogens is 292 g/mol. The van der Waals surface area contributed by atoms with Crippen LogP contribution in [0.3, 0.4) is 0 Å². The Morgan fingerprint density at radius 2 is 2.00 bits per heavy atom. The maximum absolute atomic E-state index is 12.5. The molecule has 0 spiro atoms. The summed E-state index contributed by atoms with van der Waals surface area (Å²) in [6.07, 6.45) is 0.382. The highest BCUT2D eigenvalue weighted by Gasteiger charge is 2.26. The van der Waals surface area contributed by atoms with E-state index in [4.69, 9.17) is 4.74 Å². The van der Waals surface area contributed by atoms with E-state index in [2.05, 4.69) is 5.32 Å². The Hall–Kier alpha value is -1.44. The first kappa shape index (κ1) is 15.9. The second-order valence-electron chi connectivity index (χ2n) is 4.89. The fourth-order valence-corrected chi connectivity index (χ4v) is 3.61. The minimum absolute atomic E-state index is 0.0955. The molecule has 0 bridgehead atoms. The van der Waals surface area contributed by atoms with Gasteiger partial charge in [-0.1, -0.05) is 6.92 Å². The van der Waals surface area contributed by atoms with Gasteiger partial charge in [-0.2, -0.15) is 4.31 Å². The number of rotatable bonds is 4. The van der Waals surface area contributed by atoms with E-state index in [1.165, 1.54) is 10.4 Å². The van der Waals surface area contributed by atoms with Gasteiger partial charge < -0.3 is 10.1 Å². The molecule has 21 heavy (non-hydrogen) atoms. The van der Waals surface area contributed by atoms with Crippen molar-refractivity contribution in [1.29, 1.82) is 0 Å². The summed E-state index contributed by atoms with van der Waals surface area (Å²) >= 11 is 0. The van der Waals surface area contributed by atoms with Crippen LogP contribution in [-0.4, -0.2) is 44.9 Å². The zero-order valence-corrected chi connectivity index (χ0v) is 13.1. The van der Waals surface area contributed by atoms with Crippen molar-refractivity contribution in [2.24, 2.45) is 0 Å². The maximum Gasteiger partial charge on any atom is 0.243 e. The third kappa shape index (κ3) is 3.61. The zero-order valence-electron chi connectivity index (χ0n) is 12.3. The van der Waals surface area contributed by atoms with Crippen LogP contribution in [0.1, 0.15) is 18.9 Å². The molecule has 6 nitrogen and oxygen atoms in total. The number of hydrogen-bond acceptors (Lipinski definition) is 4. The van der Waals surface area contributed by atoms with Gasteiger partial charge in [0.25, 0.3) is 0 Å². The van der Waals surface area contributed by atoms with E-state index in [9.17, 15) is 13.2 Å². The summed E-state index contributed by atoms with van der Waals surface area (Å²) in [7, 11) is -3.49. The molecular formula is C14H20N2O4S. The molecule has 1 heterocycles. The molecule has 1 aromatic carbocycles. The Kier molecular flexibility index (Phi) is 4.97. The first-order valence-corrected chi connectivity index (χ1v) is 8.37. The minimum atomic E-state index is -3.49. The van der Waals surface area contributed by atoms with E-state index in [0.29, 0.717) is 38.4 Å².